The van der Waals surface area contributed by atoms with Crippen molar-refractivity contribution in [2.45, 2.75) is 18.4 Å². The Balaban J connectivity index is 1.48. The summed E-state index contributed by atoms with van der Waals surface area (Å²) >= 11 is 0. The topological polar surface area (TPSA) is 50.8 Å². The number of hydrogen-bond donors (Lipinski definition) is 1. The Morgan fingerprint density at radius 3 is 1.92 bits per heavy atom. The molecule has 1 aliphatic rings. The molecule has 37 heavy (non-hydrogen) atoms. The van der Waals surface area contributed by atoms with Gasteiger partial charge in [0.1, 0.15) is 0 Å². The standard InChI is InChI=1S/C32H32N2O3/c1-36-29-20-26-18-19-34(22-28(23-12-6-3-7-13-23)27(26)21-30(29)37-2)32(35)33-31(24-14-8-4-9-15-24)25-16-10-5-11-17-25/h3-17,20-21,28,31H,18-19,22H2,1-2H3,(H,33,35). The van der Waals surface area contributed by atoms with Crippen molar-refractivity contribution in [2.75, 3.05) is 27.3 Å². The summed E-state index contributed by atoms with van der Waals surface area (Å²) in [6.45, 7) is 1.17. The maximum Gasteiger partial charge on any atom is 0.318 e. The minimum atomic E-state index is -0.240. The monoisotopic (exact) mass is 492 g/mol. The van der Waals surface area contributed by atoms with Crippen molar-refractivity contribution in [1.29, 1.82) is 0 Å². The van der Waals surface area contributed by atoms with E-state index in [-0.39, 0.29) is 18.0 Å². The molecule has 5 heteroatoms. The predicted octanol–water partition coefficient (Wildman–Crippen LogP) is 6.19. The highest BCUT2D eigenvalue weighted by Crippen LogP contribution is 2.38. The summed E-state index contributed by atoms with van der Waals surface area (Å²) in [5, 5.41) is 3.33. The van der Waals surface area contributed by atoms with Crippen LogP contribution in [0.2, 0.25) is 0 Å². The van der Waals surface area contributed by atoms with Gasteiger partial charge < -0.3 is 19.7 Å². The molecular formula is C32H32N2O3. The Hall–Kier alpha value is -4.25. The number of urea groups is 1. The van der Waals surface area contributed by atoms with Crippen LogP contribution < -0.4 is 14.8 Å². The summed E-state index contributed by atoms with van der Waals surface area (Å²) in [6.07, 6.45) is 0.730. The van der Waals surface area contributed by atoms with Crippen molar-refractivity contribution >= 4 is 6.03 Å². The minimum absolute atomic E-state index is 0.0103. The quantitative estimate of drug-likeness (QED) is 0.349. The molecule has 0 spiro atoms. The highest BCUT2D eigenvalue weighted by atomic mass is 16.5. The van der Waals surface area contributed by atoms with Crippen molar-refractivity contribution in [1.82, 2.24) is 10.2 Å². The lowest BCUT2D eigenvalue weighted by atomic mass is 9.87. The molecule has 1 aliphatic heterocycles. The number of amides is 2. The Morgan fingerprint density at radius 2 is 1.35 bits per heavy atom. The molecule has 5 rings (SSSR count). The van der Waals surface area contributed by atoms with Gasteiger partial charge in [0, 0.05) is 19.0 Å². The number of carbonyl (C=O) groups is 1. The maximum absolute atomic E-state index is 13.8. The van der Waals surface area contributed by atoms with E-state index < -0.39 is 0 Å². The molecular weight excluding hydrogens is 460 g/mol. The average molecular weight is 493 g/mol. The molecule has 2 amide bonds. The molecule has 0 aliphatic carbocycles. The van der Waals surface area contributed by atoms with Crippen LogP contribution in [-0.2, 0) is 6.42 Å². The fraction of sp³-hybridized carbons (Fsp3) is 0.219. The molecule has 1 atom stereocenters. The average Bonchev–Trinajstić information content (AvgIpc) is 3.16. The molecule has 1 heterocycles. The lowest BCUT2D eigenvalue weighted by Crippen LogP contribution is -2.44. The summed E-state index contributed by atoms with van der Waals surface area (Å²) in [5.74, 6) is 1.42. The third-order valence-electron chi connectivity index (χ3n) is 7.10. The molecule has 4 aromatic carbocycles. The van der Waals surface area contributed by atoms with E-state index in [4.69, 9.17) is 9.47 Å². The van der Waals surface area contributed by atoms with Crippen molar-refractivity contribution in [2.24, 2.45) is 0 Å². The summed E-state index contributed by atoms with van der Waals surface area (Å²) in [4.78, 5) is 15.8. The number of carbonyl (C=O) groups excluding carboxylic acids is 1. The van der Waals surface area contributed by atoms with Crippen LogP contribution in [0.3, 0.4) is 0 Å². The fourth-order valence-electron chi connectivity index (χ4n) is 5.16. The molecule has 1 unspecified atom stereocenters. The Morgan fingerprint density at radius 1 is 0.811 bits per heavy atom. The molecule has 0 saturated carbocycles. The first-order valence-electron chi connectivity index (χ1n) is 12.6. The molecule has 0 aromatic heterocycles. The Bertz CT molecular complexity index is 1290. The summed E-state index contributed by atoms with van der Waals surface area (Å²) in [6, 6.07) is 34.4. The van der Waals surface area contributed by atoms with Gasteiger partial charge in [0.15, 0.2) is 11.5 Å². The molecule has 188 valence electrons. The van der Waals surface area contributed by atoms with E-state index >= 15 is 0 Å². The van der Waals surface area contributed by atoms with Gasteiger partial charge >= 0.3 is 6.03 Å². The highest BCUT2D eigenvalue weighted by Gasteiger charge is 2.30. The third kappa shape index (κ3) is 5.31. The number of fused-ring (bicyclic) bond motifs is 1. The van der Waals surface area contributed by atoms with Crippen LogP contribution in [-0.4, -0.2) is 38.2 Å². The van der Waals surface area contributed by atoms with Crippen LogP contribution in [0.25, 0.3) is 0 Å². The lowest BCUT2D eigenvalue weighted by Gasteiger charge is -2.29. The van der Waals surface area contributed by atoms with Gasteiger partial charge in [-0.2, -0.15) is 0 Å². The number of nitrogens with one attached hydrogen (secondary N) is 1. The van der Waals surface area contributed by atoms with Crippen LogP contribution in [0.5, 0.6) is 11.5 Å². The van der Waals surface area contributed by atoms with E-state index in [1.54, 1.807) is 14.2 Å². The van der Waals surface area contributed by atoms with Crippen molar-refractivity contribution < 1.29 is 14.3 Å². The van der Waals surface area contributed by atoms with Gasteiger partial charge in [-0.25, -0.2) is 4.79 Å². The SMILES string of the molecule is COc1cc2c(cc1OC)C(c1ccccc1)CN(C(=O)NC(c1ccccc1)c1ccccc1)CC2. The van der Waals surface area contributed by atoms with E-state index in [1.165, 1.54) is 16.7 Å². The van der Waals surface area contributed by atoms with E-state index in [2.05, 4.69) is 53.8 Å². The first-order chi connectivity index (χ1) is 18.2. The van der Waals surface area contributed by atoms with Crippen LogP contribution >= 0.6 is 0 Å². The zero-order valence-electron chi connectivity index (χ0n) is 21.3. The maximum atomic E-state index is 13.8. The van der Waals surface area contributed by atoms with Crippen LogP contribution in [0.1, 0.15) is 39.8 Å². The van der Waals surface area contributed by atoms with E-state index in [0.29, 0.717) is 24.6 Å². The van der Waals surface area contributed by atoms with Crippen molar-refractivity contribution in [3.05, 3.63) is 131 Å². The fourth-order valence-corrected chi connectivity index (χ4v) is 5.16. The number of rotatable bonds is 6. The van der Waals surface area contributed by atoms with E-state index in [9.17, 15) is 4.79 Å². The molecule has 0 bridgehead atoms. The molecule has 0 saturated heterocycles. The number of benzene rings is 4. The highest BCUT2D eigenvalue weighted by molar-refractivity contribution is 5.76. The van der Waals surface area contributed by atoms with Crippen molar-refractivity contribution in [3.63, 3.8) is 0 Å². The van der Waals surface area contributed by atoms with Gasteiger partial charge in [-0.05, 0) is 46.4 Å². The van der Waals surface area contributed by atoms with Gasteiger partial charge in [0.05, 0.1) is 20.3 Å². The van der Waals surface area contributed by atoms with Gasteiger partial charge in [-0.15, -0.1) is 0 Å². The van der Waals surface area contributed by atoms with Crippen LogP contribution in [0.4, 0.5) is 4.79 Å². The van der Waals surface area contributed by atoms with Crippen molar-refractivity contribution in [3.8, 4) is 11.5 Å². The number of hydrogen-bond acceptors (Lipinski definition) is 3. The van der Waals surface area contributed by atoms with Gasteiger partial charge in [-0.3, -0.25) is 0 Å². The Labute approximate surface area is 218 Å². The van der Waals surface area contributed by atoms with E-state index in [0.717, 1.165) is 17.5 Å². The summed E-state index contributed by atoms with van der Waals surface area (Å²) < 4.78 is 11.2. The molecule has 0 radical (unpaired) electrons. The molecule has 5 nitrogen and oxygen atoms in total. The number of methoxy groups -OCH3 is 2. The first kappa shape index (κ1) is 24.4. The first-order valence-corrected chi connectivity index (χ1v) is 12.6. The molecule has 4 aromatic rings. The van der Waals surface area contributed by atoms with Crippen LogP contribution in [0, 0.1) is 0 Å². The molecule has 1 N–H and O–H groups in total. The third-order valence-corrected chi connectivity index (χ3v) is 7.10. The predicted molar refractivity (Wildman–Crippen MR) is 146 cm³/mol. The van der Waals surface area contributed by atoms with Gasteiger partial charge in [0.2, 0.25) is 0 Å². The molecule has 0 fully saturated rings. The second-order valence-corrected chi connectivity index (χ2v) is 9.27. The number of ether oxygens (including phenoxy) is 2. The Kier molecular flexibility index (Phi) is 7.41. The second kappa shape index (κ2) is 11.2. The summed E-state index contributed by atoms with van der Waals surface area (Å²) in [5.41, 5.74) is 5.60. The summed E-state index contributed by atoms with van der Waals surface area (Å²) in [7, 11) is 3.31. The lowest BCUT2D eigenvalue weighted by molar-refractivity contribution is 0.195. The minimum Gasteiger partial charge on any atom is -0.493 e. The van der Waals surface area contributed by atoms with Crippen LogP contribution in [0.15, 0.2) is 103 Å². The van der Waals surface area contributed by atoms with Gasteiger partial charge in [-0.1, -0.05) is 91.0 Å². The van der Waals surface area contributed by atoms with Gasteiger partial charge in [0.25, 0.3) is 0 Å². The second-order valence-electron chi connectivity index (χ2n) is 9.27. The van der Waals surface area contributed by atoms with E-state index in [1.807, 2.05) is 59.5 Å². The number of nitrogens with zero attached hydrogens (tertiary/aromatic N) is 1. The zero-order valence-corrected chi connectivity index (χ0v) is 21.3. The smallest absolute Gasteiger partial charge is 0.318 e. The zero-order chi connectivity index (χ0) is 25.6. The normalized spacial score (nSPS) is 15.0. The largest absolute Gasteiger partial charge is 0.493 e.